The third kappa shape index (κ3) is 3.74. The molecule has 1 aliphatic rings. The maximum absolute atomic E-state index is 10.6. The second-order valence-electron chi connectivity index (χ2n) is 3.60. The maximum atomic E-state index is 10.6. The molecule has 1 saturated carbocycles. The van der Waals surface area contributed by atoms with Gasteiger partial charge in [0.05, 0.1) is 12.7 Å². The van der Waals surface area contributed by atoms with Gasteiger partial charge in [0.2, 0.25) is 5.91 Å². The molecule has 0 aliphatic heterocycles. The fraction of sp³-hybridized carbons (Fsp3) is 0.889. The summed E-state index contributed by atoms with van der Waals surface area (Å²) in [5, 5.41) is 0. The molecule has 1 fully saturated rings. The highest BCUT2D eigenvalue weighted by Crippen LogP contribution is 2.20. The summed E-state index contributed by atoms with van der Waals surface area (Å²) in [6, 6.07) is -0.651. The molecule has 4 N–H and O–H groups in total. The highest BCUT2D eigenvalue weighted by Gasteiger charge is 2.16. The van der Waals surface area contributed by atoms with E-state index < -0.39 is 11.9 Å². The van der Waals surface area contributed by atoms with Gasteiger partial charge >= 0.3 is 0 Å². The van der Waals surface area contributed by atoms with E-state index in [1.54, 1.807) is 0 Å². The summed E-state index contributed by atoms with van der Waals surface area (Å²) in [5.74, 6) is -0.490. The van der Waals surface area contributed by atoms with Gasteiger partial charge in [0.1, 0.15) is 6.04 Å². The second-order valence-corrected chi connectivity index (χ2v) is 3.60. The van der Waals surface area contributed by atoms with Crippen molar-refractivity contribution in [2.45, 2.75) is 44.2 Å². The molecule has 0 spiro atoms. The Bertz CT molecular complexity index is 167. The normalized spacial score (nSPS) is 21.3. The van der Waals surface area contributed by atoms with Crippen molar-refractivity contribution in [3.8, 4) is 0 Å². The summed E-state index contributed by atoms with van der Waals surface area (Å²) in [4.78, 5) is 10.6. The summed E-state index contributed by atoms with van der Waals surface area (Å²) in [5.41, 5.74) is 10.4. The van der Waals surface area contributed by atoms with Gasteiger partial charge in [-0.05, 0) is 12.8 Å². The number of rotatable bonds is 4. The highest BCUT2D eigenvalue weighted by molar-refractivity contribution is 5.79. The summed E-state index contributed by atoms with van der Waals surface area (Å²) in [6.45, 7) is 0.264. The van der Waals surface area contributed by atoms with E-state index in [4.69, 9.17) is 16.2 Å². The van der Waals surface area contributed by atoms with E-state index in [1.165, 1.54) is 19.3 Å². The molecule has 0 aromatic carbocycles. The second kappa shape index (κ2) is 5.19. The van der Waals surface area contributed by atoms with E-state index in [9.17, 15) is 4.79 Å². The minimum absolute atomic E-state index is 0.264. The van der Waals surface area contributed by atoms with Gasteiger partial charge in [0, 0.05) is 0 Å². The Balaban J connectivity index is 2.13. The summed E-state index contributed by atoms with van der Waals surface area (Å²) < 4.78 is 5.48. The number of primary amides is 1. The monoisotopic (exact) mass is 186 g/mol. The number of amides is 1. The van der Waals surface area contributed by atoms with Gasteiger partial charge in [-0.1, -0.05) is 19.3 Å². The number of ether oxygens (including phenoxy) is 1. The van der Waals surface area contributed by atoms with E-state index in [1.807, 2.05) is 0 Å². The van der Waals surface area contributed by atoms with Crippen LogP contribution in [-0.4, -0.2) is 24.7 Å². The molecule has 0 aromatic rings. The van der Waals surface area contributed by atoms with Crippen LogP contribution in [0.4, 0.5) is 0 Å². The molecule has 1 rings (SSSR count). The van der Waals surface area contributed by atoms with Crippen LogP contribution in [0.3, 0.4) is 0 Å². The van der Waals surface area contributed by atoms with Crippen LogP contribution in [0.25, 0.3) is 0 Å². The average Bonchev–Trinajstić information content (AvgIpc) is 2.15. The van der Waals surface area contributed by atoms with Gasteiger partial charge < -0.3 is 16.2 Å². The maximum Gasteiger partial charge on any atom is 0.236 e. The van der Waals surface area contributed by atoms with Crippen molar-refractivity contribution >= 4 is 5.91 Å². The molecule has 76 valence electrons. The minimum Gasteiger partial charge on any atom is -0.376 e. The standard InChI is InChI=1S/C9H18N2O2/c10-8(9(11)12)6-13-7-4-2-1-3-5-7/h7-8H,1-6,10H2,(H2,11,12). The lowest BCUT2D eigenvalue weighted by atomic mass is 9.98. The quantitative estimate of drug-likeness (QED) is 0.656. The Morgan fingerprint density at radius 3 is 2.54 bits per heavy atom. The molecule has 1 aliphatic carbocycles. The van der Waals surface area contributed by atoms with E-state index in [2.05, 4.69) is 0 Å². The molecule has 0 heterocycles. The lowest BCUT2D eigenvalue weighted by Gasteiger charge is -2.22. The van der Waals surface area contributed by atoms with Crippen molar-refractivity contribution in [3.05, 3.63) is 0 Å². The van der Waals surface area contributed by atoms with Gasteiger partial charge in [-0.2, -0.15) is 0 Å². The van der Waals surface area contributed by atoms with Crippen molar-refractivity contribution in [3.63, 3.8) is 0 Å². The Morgan fingerprint density at radius 2 is 2.00 bits per heavy atom. The highest BCUT2D eigenvalue weighted by atomic mass is 16.5. The first-order valence-electron chi connectivity index (χ1n) is 4.86. The van der Waals surface area contributed by atoms with Gasteiger partial charge in [-0.3, -0.25) is 4.79 Å². The zero-order valence-electron chi connectivity index (χ0n) is 7.87. The Hall–Kier alpha value is -0.610. The summed E-state index contributed by atoms with van der Waals surface area (Å²) in [7, 11) is 0. The van der Waals surface area contributed by atoms with Gasteiger partial charge in [0.25, 0.3) is 0 Å². The molecule has 0 aromatic heterocycles. The Morgan fingerprint density at radius 1 is 1.38 bits per heavy atom. The number of carbonyl (C=O) groups is 1. The predicted octanol–water partition coefficient (Wildman–Crippen LogP) is 0.148. The van der Waals surface area contributed by atoms with Gasteiger partial charge in [-0.15, -0.1) is 0 Å². The molecule has 1 amide bonds. The SMILES string of the molecule is NC(=O)C(N)COC1CCCCC1. The van der Waals surface area contributed by atoms with Crippen LogP contribution in [0.15, 0.2) is 0 Å². The molecule has 1 unspecified atom stereocenters. The molecule has 0 radical (unpaired) electrons. The number of carbonyl (C=O) groups excluding carboxylic acids is 1. The van der Waals surface area contributed by atoms with Gasteiger partial charge in [0.15, 0.2) is 0 Å². The smallest absolute Gasteiger partial charge is 0.236 e. The average molecular weight is 186 g/mol. The van der Waals surface area contributed by atoms with Crippen LogP contribution >= 0.6 is 0 Å². The van der Waals surface area contributed by atoms with Gasteiger partial charge in [-0.25, -0.2) is 0 Å². The number of hydrogen-bond acceptors (Lipinski definition) is 3. The third-order valence-corrected chi connectivity index (χ3v) is 2.43. The van der Waals surface area contributed by atoms with Crippen molar-refractivity contribution in [1.82, 2.24) is 0 Å². The molecule has 4 nitrogen and oxygen atoms in total. The van der Waals surface area contributed by atoms with E-state index in [0.29, 0.717) is 6.10 Å². The zero-order chi connectivity index (χ0) is 9.68. The van der Waals surface area contributed by atoms with E-state index in [-0.39, 0.29) is 6.61 Å². The molecule has 1 atom stereocenters. The Kier molecular flexibility index (Phi) is 4.18. The lowest BCUT2D eigenvalue weighted by molar-refractivity contribution is -0.121. The number of nitrogens with two attached hydrogens (primary N) is 2. The Labute approximate surface area is 78.6 Å². The minimum atomic E-state index is -0.651. The molecule has 4 heteroatoms. The van der Waals surface area contributed by atoms with E-state index in [0.717, 1.165) is 12.8 Å². The molecule has 0 saturated heterocycles. The number of hydrogen-bond donors (Lipinski definition) is 2. The van der Waals surface area contributed by atoms with Crippen molar-refractivity contribution in [2.75, 3.05) is 6.61 Å². The predicted molar refractivity (Wildman–Crippen MR) is 50.0 cm³/mol. The molecular formula is C9H18N2O2. The van der Waals surface area contributed by atoms with E-state index >= 15 is 0 Å². The zero-order valence-corrected chi connectivity index (χ0v) is 7.87. The lowest BCUT2D eigenvalue weighted by Crippen LogP contribution is -2.41. The first-order valence-corrected chi connectivity index (χ1v) is 4.86. The van der Waals surface area contributed by atoms with Crippen LogP contribution < -0.4 is 11.5 Å². The van der Waals surface area contributed by atoms with Crippen LogP contribution in [0.2, 0.25) is 0 Å². The fourth-order valence-corrected chi connectivity index (χ4v) is 1.55. The molecule has 0 bridgehead atoms. The topological polar surface area (TPSA) is 78.3 Å². The molecular weight excluding hydrogens is 168 g/mol. The third-order valence-electron chi connectivity index (χ3n) is 2.43. The van der Waals surface area contributed by atoms with Crippen LogP contribution in [0.1, 0.15) is 32.1 Å². The summed E-state index contributed by atoms with van der Waals surface area (Å²) in [6.07, 6.45) is 6.20. The molecule has 13 heavy (non-hydrogen) atoms. The van der Waals surface area contributed by atoms with Crippen LogP contribution in [0.5, 0.6) is 0 Å². The largest absolute Gasteiger partial charge is 0.376 e. The van der Waals surface area contributed by atoms with Crippen molar-refractivity contribution < 1.29 is 9.53 Å². The first-order chi connectivity index (χ1) is 6.20. The fourth-order valence-electron chi connectivity index (χ4n) is 1.55. The summed E-state index contributed by atoms with van der Waals surface area (Å²) >= 11 is 0. The van der Waals surface area contributed by atoms with Crippen molar-refractivity contribution in [2.24, 2.45) is 11.5 Å². The first kappa shape index (κ1) is 10.5. The van der Waals surface area contributed by atoms with Crippen molar-refractivity contribution in [1.29, 1.82) is 0 Å². The van der Waals surface area contributed by atoms with Crippen LogP contribution in [-0.2, 0) is 9.53 Å². The van der Waals surface area contributed by atoms with Crippen LogP contribution in [0, 0.1) is 0 Å².